The third kappa shape index (κ3) is 6.94. The lowest BCUT2D eigenvalue weighted by atomic mass is 10.1. The van der Waals surface area contributed by atoms with Crippen LogP contribution in [0.25, 0.3) is 17.1 Å². The van der Waals surface area contributed by atoms with E-state index < -0.39 is 6.36 Å². The third-order valence-electron chi connectivity index (χ3n) is 4.55. The van der Waals surface area contributed by atoms with Gasteiger partial charge >= 0.3 is 6.36 Å². The summed E-state index contributed by atoms with van der Waals surface area (Å²) in [5.74, 6) is 0.126. The Morgan fingerprint density at radius 1 is 1.03 bits per heavy atom. The van der Waals surface area contributed by atoms with Crippen molar-refractivity contribution in [3.05, 3.63) is 88.7 Å². The van der Waals surface area contributed by atoms with Crippen molar-refractivity contribution in [2.45, 2.75) is 6.36 Å². The van der Waals surface area contributed by atoms with Crippen LogP contribution >= 0.6 is 35.4 Å². The second kappa shape index (κ2) is 10.9. The summed E-state index contributed by atoms with van der Waals surface area (Å²) in [5, 5.41) is 12.6. The molecule has 0 saturated carbocycles. The van der Waals surface area contributed by atoms with Gasteiger partial charge in [0.15, 0.2) is 10.9 Å². The zero-order valence-corrected chi connectivity index (χ0v) is 20.3. The summed E-state index contributed by atoms with van der Waals surface area (Å²) in [5.41, 5.74) is 5.36. The van der Waals surface area contributed by atoms with Gasteiger partial charge in [0.05, 0.1) is 22.6 Å². The number of thiocarbonyl (C=S) groups is 1. The highest BCUT2D eigenvalue weighted by molar-refractivity contribution is 7.80. The number of benzene rings is 3. The predicted octanol–water partition coefficient (Wildman–Crippen LogP) is 6.46. The van der Waals surface area contributed by atoms with Crippen LogP contribution in [0.4, 0.5) is 18.9 Å². The van der Waals surface area contributed by atoms with Crippen LogP contribution in [-0.2, 0) is 0 Å². The van der Waals surface area contributed by atoms with Crippen LogP contribution in [0, 0.1) is 0 Å². The van der Waals surface area contributed by atoms with Crippen LogP contribution in [0.2, 0.25) is 10.0 Å². The number of nitrogens with zero attached hydrogens (tertiary/aromatic N) is 4. The summed E-state index contributed by atoms with van der Waals surface area (Å²) < 4.78 is 42.3. The number of hydrogen-bond acceptors (Lipinski definition) is 5. The molecule has 36 heavy (non-hydrogen) atoms. The van der Waals surface area contributed by atoms with Crippen molar-refractivity contribution in [2.75, 3.05) is 5.32 Å². The third-order valence-corrected chi connectivity index (χ3v) is 5.30. The van der Waals surface area contributed by atoms with E-state index in [0.29, 0.717) is 27.2 Å². The van der Waals surface area contributed by atoms with Crippen LogP contribution in [0.3, 0.4) is 0 Å². The summed E-state index contributed by atoms with van der Waals surface area (Å²) in [6.07, 6.45) is -1.70. The van der Waals surface area contributed by atoms with Crippen LogP contribution in [0.15, 0.2) is 78.2 Å². The minimum Gasteiger partial charge on any atom is -0.406 e. The highest BCUT2D eigenvalue weighted by Crippen LogP contribution is 2.26. The average molecular weight is 551 g/mol. The van der Waals surface area contributed by atoms with Crippen LogP contribution in [-0.4, -0.2) is 32.5 Å². The highest BCUT2D eigenvalue weighted by Gasteiger charge is 2.31. The lowest BCUT2D eigenvalue weighted by Gasteiger charge is -2.09. The number of rotatable bonds is 6. The van der Waals surface area contributed by atoms with Crippen LogP contribution in [0.1, 0.15) is 5.56 Å². The molecule has 0 saturated heterocycles. The van der Waals surface area contributed by atoms with Gasteiger partial charge in [0.2, 0.25) is 0 Å². The fourth-order valence-corrected chi connectivity index (χ4v) is 3.56. The van der Waals surface area contributed by atoms with Crippen molar-refractivity contribution >= 4 is 52.4 Å². The number of alkyl halides is 3. The Hall–Kier alpha value is -3.67. The van der Waals surface area contributed by atoms with Gasteiger partial charge in [0.25, 0.3) is 0 Å². The molecule has 0 fully saturated rings. The van der Waals surface area contributed by atoms with E-state index in [9.17, 15) is 13.2 Å². The van der Waals surface area contributed by atoms with E-state index in [2.05, 4.69) is 30.7 Å². The molecule has 0 aliphatic heterocycles. The van der Waals surface area contributed by atoms with Gasteiger partial charge in [-0.3, -0.25) is 5.43 Å². The first-order valence-corrected chi connectivity index (χ1v) is 11.3. The summed E-state index contributed by atoms with van der Waals surface area (Å²) in [4.78, 5) is 4.26. The lowest BCUT2D eigenvalue weighted by molar-refractivity contribution is -0.274. The van der Waals surface area contributed by atoms with E-state index >= 15 is 0 Å². The van der Waals surface area contributed by atoms with Gasteiger partial charge < -0.3 is 10.1 Å². The molecule has 2 N–H and O–H groups in total. The fourth-order valence-electron chi connectivity index (χ4n) is 2.95. The van der Waals surface area contributed by atoms with Gasteiger partial charge in [0, 0.05) is 10.6 Å². The van der Waals surface area contributed by atoms with Crippen molar-refractivity contribution in [1.29, 1.82) is 0 Å². The summed E-state index contributed by atoms with van der Waals surface area (Å²) in [6.45, 7) is 0. The average Bonchev–Trinajstić information content (AvgIpc) is 3.31. The van der Waals surface area contributed by atoms with Gasteiger partial charge in [-0.2, -0.15) is 5.10 Å². The Morgan fingerprint density at radius 2 is 1.75 bits per heavy atom. The largest absolute Gasteiger partial charge is 0.573 e. The van der Waals surface area contributed by atoms with E-state index in [-0.39, 0.29) is 10.9 Å². The minimum atomic E-state index is -4.75. The van der Waals surface area contributed by atoms with Crippen molar-refractivity contribution in [3.63, 3.8) is 0 Å². The fraction of sp³-hybridized carbons (Fsp3) is 0.0435. The van der Waals surface area contributed by atoms with E-state index in [4.69, 9.17) is 35.4 Å². The molecule has 0 amide bonds. The Morgan fingerprint density at radius 3 is 2.42 bits per heavy atom. The van der Waals surface area contributed by atoms with Gasteiger partial charge in [-0.15, -0.1) is 18.3 Å². The van der Waals surface area contributed by atoms with E-state index in [1.807, 2.05) is 24.3 Å². The molecule has 0 spiro atoms. The molecule has 4 aromatic rings. The van der Waals surface area contributed by atoms with Gasteiger partial charge in [-0.1, -0.05) is 47.5 Å². The SMILES string of the molecule is FC(F)(F)Oc1ccc(-n2cnc(-c3ccc(C=NNC(=S)Nc4ccc(Cl)cc4Cl)cc3)n2)cc1. The zero-order valence-electron chi connectivity index (χ0n) is 18.0. The van der Waals surface area contributed by atoms with E-state index in [1.165, 1.54) is 35.3 Å². The van der Waals surface area contributed by atoms with Crippen LogP contribution in [0.5, 0.6) is 5.75 Å². The predicted molar refractivity (Wildman–Crippen MR) is 137 cm³/mol. The van der Waals surface area contributed by atoms with Crippen molar-refractivity contribution < 1.29 is 17.9 Å². The van der Waals surface area contributed by atoms with Crippen molar-refractivity contribution in [2.24, 2.45) is 5.10 Å². The molecule has 3 aromatic carbocycles. The molecule has 0 aliphatic carbocycles. The second-order valence-corrected chi connectivity index (χ2v) is 8.38. The Kier molecular flexibility index (Phi) is 7.73. The van der Waals surface area contributed by atoms with E-state index in [0.717, 1.165) is 11.1 Å². The molecule has 1 heterocycles. The maximum Gasteiger partial charge on any atom is 0.573 e. The molecule has 4 rings (SSSR count). The summed E-state index contributed by atoms with van der Waals surface area (Å²) in [7, 11) is 0. The summed E-state index contributed by atoms with van der Waals surface area (Å²) >= 11 is 17.2. The smallest absolute Gasteiger partial charge is 0.406 e. The standard InChI is InChI=1S/C23H15Cl2F3N6OS/c24-16-5-10-20(19(25)11-16)31-22(36)32-30-12-14-1-3-15(4-2-14)21-29-13-34(33-21)17-6-8-18(9-7-17)35-23(26,27)28/h1-13H,(H2,31,32,36). The Labute approximate surface area is 218 Å². The number of halogens is 5. The number of aromatic nitrogens is 3. The van der Waals surface area contributed by atoms with Crippen molar-refractivity contribution in [3.8, 4) is 22.8 Å². The Balaban J connectivity index is 1.34. The Bertz CT molecular complexity index is 1390. The molecule has 184 valence electrons. The molecule has 0 atom stereocenters. The monoisotopic (exact) mass is 550 g/mol. The molecule has 0 aliphatic rings. The first-order valence-electron chi connectivity index (χ1n) is 10.1. The number of ether oxygens (including phenoxy) is 1. The maximum atomic E-state index is 12.3. The molecule has 7 nitrogen and oxygen atoms in total. The van der Waals surface area contributed by atoms with Gasteiger partial charge in [-0.05, 0) is 60.2 Å². The molecular formula is C23H15Cl2F3N6OS. The van der Waals surface area contributed by atoms with Crippen LogP contribution < -0.4 is 15.5 Å². The topological polar surface area (TPSA) is 76.4 Å². The van der Waals surface area contributed by atoms with Gasteiger partial charge in [-0.25, -0.2) is 9.67 Å². The molecule has 0 radical (unpaired) electrons. The molecule has 0 bridgehead atoms. The van der Waals surface area contributed by atoms with E-state index in [1.54, 1.807) is 24.4 Å². The number of hydrogen-bond donors (Lipinski definition) is 2. The minimum absolute atomic E-state index is 0.250. The lowest BCUT2D eigenvalue weighted by Crippen LogP contribution is -2.24. The summed E-state index contributed by atoms with van der Waals surface area (Å²) in [6, 6.07) is 17.6. The van der Waals surface area contributed by atoms with Crippen molar-refractivity contribution in [1.82, 2.24) is 20.2 Å². The zero-order chi connectivity index (χ0) is 25.7. The second-order valence-electron chi connectivity index (χ2n) is 7.12. The molecule has 0 unspecified atom stereocenters. The molecule has 1 aromatic heterocycles. The quantitative estimate of drug-likeness (QED) is 0.163. The number of nitrogens with one attached hydrogen (secondary N) is 2. The van der Waals surface area contributed by atoms with Gasteiger partial charge in [0.1, 0.15) is 12.1 Å². The highest BCUT2D eigenvalue weighted by atomic mass is 35.5. The number of hydrazone groups is 1. The normalized spacial score (nSPS) is 11.5. The maximum absolute atomic E-state index is 12.3. The molecule has 13 heteroatoms. The first-order chi connectivity index (χ1) is 17.2. The number of anilines is 1. The first kappa shape index (κ1) is 25.4. The molecular weight excluding hydrogens is 536 g/mol.